The third kappa shape index (κ3) is 4.12. The molecule has 2 aromatic rings. The van der Waals surface area contributed by atoms with Gasteiger partial charge in [0.25, 0.3) is 5.91 Å². The Hall–Kier alpha value is -1.39. The number of thioether (sulfide) groups is 1. The van der Waals surface area contributed by atoms with Crippen molar-refractivity contribution in [2.24, 2.45) is 4.99 Å². The van der Waals surface area contributed by atoms with E-state index in [-0.39, 0.29) is 17.5 Å². The molecule has 0 saturated carbocycles. The van der Waals surface area contributed by atoms with E-state index in [2.05, 4.69) is 20.9 Å². The Morgan fingerprint density at radius 3 is 2.69 bits per heavy atom. The Labute approximate surface area is 176 Å². The van der Waals surface area contributed by atoms with Gasteiger partial charge in [-0.3, -0.25) is 9.69 Å². The van der Waals surface area contributed by atoms with E-state index >= 15 is 0 Å². The Balaban J connectivity index is 1.98. The fourth-order valence-corrected chi connectivity index (χ4v) is 4.94. The molecule has 1 N–H and O–H groups in total. The highest BCUT2D eigenvalue weighted by Crippen LogP contribution is 2.37. The van der Waals surface area contributed by atoms with Crippen LogP contribution in [0.2, 0.25) is 0 Å². The van der Waals surface area contributed by atoms with Gasteiger partial charge in [0.05, 0.1) is 14.2 Å². The van der Waals surface area contributed by atoms with Crippen molar-refractivity contribution in [3.63, 3.8) is 0 Å². The topological polar surface area (TPSA) is 52.9 Å². The summed E-state index contributed by atoms with van der Waals surface area (Å²) in [5.74, 6) is -0.383. The fourth-order valence-electron chi connectivity index (χ4n) is 2.33. The standard InChI is InChI=1S/C18H13BrFIN2O2S/c1-2-23-17(25)15(8-10-7-11(19)9-14(21)16(10)24)26-18(23)22-13-5-3-12(20)4-6-13/h3-9,24H,2H2,1H3/b15-8-,22-18?. The number of benzene rings is 2. The van der Waals surface area contributed by atoms with E-state index in [1.54, 1.807) is 35.2 Å². The van der Waals surface area contributed by atoms with Crippen LogP contribution in [0.4, 0.5) is 10.1 Å². The van der Waals surface area contributed by atoms with Crippen molar-refractivity contribution in [2.45, 2.75) is 6.92 Å². The first-order valence-electron chi connectivity index (χ1n) is 7.62. The summed E-state index contributed by atoms with van der Waals surface area (Å²) < 4.78 is 14.6. The summed E-state index contributed by atoms with van der Waals surface area (Å²) in [6, 6.07) is 9.33. The van der Waals surface area contributed by atoms with E-state index in [0.29, 0.717) is 31.4 Å². The predicted octanol–water partition coefficient (Wildman–Crippen LogP) is 5.52. The molecule has 1 fully saturated rings. The molecular weight excluding hydrogens is 534 g/mol. The number of aliphatic imine (C=N–C) groups is 1. The van der Waals surface area contributed by atoms with Crippen molar-refractivity contribution >= 4 is 73.1 Å². The quantitative estimate of drug-likeness (QED) is 0.407. The molecule has 1 amide bonds. The number of carbonyl (C=O) groups excluding carboxylic acids is 1. The van der Waals surface area contributed by atoms with Crippen LogP contribution >= 0.6 is 50.3 Å². The van der Waals surface area contributed by atoms with Crippen LogP contribution in [-0.2, 0) is 4.79 Å². The zero-order chi connectivity index (χ0) is 18.8. The number of likely N-dealkylation sites (N-methyl/N-ethyl adjacent to an activating group) is 1. The molecular formula is C18H13BrFIN2O2S. The summed E-state index contributed by atoms with van der Waals surface area (Å²) in [5, 5.41) is 10.8. The van der Waals surface area contributed by atoms with E-state index in [4.69, 9.17) is 0 Å². The van der Waals surface area contributed by atoms with Crippen molar-refractivity contribution in [2.75, 3.05) is 6.54 Å². The van der Waals surface area contributed by atoms with Gasteiger partial charge in [-0.25, -0.2) is 9.38 Å². The highest BCUT2D eigenvalue weighted by molar-refractivity contribution is 14.1. The first-order valence-corrected chi connectivity index (χ1v) is 10.3. The van der Waals surface area contributed by atoms with Crippen LogP contribution in [0.5, 0.6) is 5.75 Å². The maximum absolute atomic E-state index is 13.1. The van der Waals surface area contributed by atoms with Gasteiger partial charge in [-0.2, -0.15) is 0 Å². The molecule has 1 saturated heterocycles. The number of nitrogens with zero attached hydrogens (tertiary/aromatic N) is 2. The molecule has 134 valence electrons. The molecule has 1 aliphatic heterocycles. The van der Waals surface area contributed by atoms with Gasteiger partial charge in [0.2, 0.25) is 0 Å². The van der Waals surface area contributed by atoms with Crippen molar-refractivity contribution < 1.29 is 14.3 Å². The first-order chi connectivity index (χ1) is 12.4. The van der Waals surface area contributed by atoms with Crippen LogP contribution in [0, 0.1) is 9.39 Å². The zero-order valence-electron chi connectivity index (χ0n) is 13.5. The number of phenolic OH excluding ortho intramolecular Hbond substituents is 1. The van der Waals surface area contributed by atoms with E-state index in [1.807, 2.05) is 29.5 Å². The SMILES string of the molecule is CCN1C(=O)/C(=C/c2cc(Br)cc(I)c2O)SC1=Nc1ccc(F)cc1. The third-order valence-corrected chi connectivity index (χ3v) is 5.89. The van der Waals surface area contributed by atoms with Crippen LogP contribution in [0.1, 0.15) is 12.5 Å². The monoisotopic (exact) mass is 546 g/mol. The number of hydrogen-bond acceptors (Lipinski definition) is 4. The van der Waals surface area contributed by atoms with Gasteiger partial charge < -0.3 is 5.11 Å². The number of amidine groups is 1. The summed E-state index contributed by atoms with van der Waals surface area (Å²) >= 11 is 6.66. The lowest BCUT2D eigenvalue weighted by atomic mass is 10.2. The summed E-state index contributed by atoms with van der Waals surface area (Å²) in [4.78, 5) is 19.2. The largest absolute Gasteiger partial charge is 0.506 e. The number of aromatic hydroxyl groups is 1. The summed E-state index contributed by atoms with van der Waals surface area (Å²) in [7, 11) is 0. The van der Waals surface area contributed by atoms with Gasteiger partial charge in [-0.1, -0.05) is 15.9 Å². The maximum Gasteiger partial charge on any atom is 0.266 e. The minimum absolute atomic E-state index is 0.127. The third-order valence-electron chi connectivity index (χ3n) is 3.60. The van der Waals surface area contributed by atoms with Crippen LogP contribution in [0.3, 0.4) is 0 Å². The number of rotatable bonds is 3. The Morgan fingerprint density at radius 2 is 2.04 bits per heavy atom. The lowest BCUT2D eigenvalue weighted by Gasteiger charge is -2.12. The second-order valence-electron chi connectivity index (χ2n) is 5.36. The summed E-state index contributed by atoms with van der Waals surface area (Å²) in [5.41, 5.74) is 1.12. The Bertz CT molecular complexity index is 932. The number of hydrogen-bond donors (Lipinski definition) is 1. The van der Waals surface area contributed by atoms with E-state index in [0.717, 1.165) is 4.47 Å². The molecule has 0 aromatic heterocycles. The van der Waals surface area contributed by atoms with E-state index in [1.165, 1.54) is 23.9 Å². The van der Waals surface area contributed by atoms with Crippen LogP contribution < -0.4 is 0 Å². The molecule has 4 nitrogen and oxygen atoms in total. The molecule has 3 rings (SSSR count). The molecule has 1 aliphatic rings. The molecule has 1 heterocycles. The molecule has 0 atom stereocenters. The number of phenols is 1. The van der Waals surface area contributed by atoms with Crippen molar-refractivity contribution in [3.8, 4) is 5.75 Å². The Kier molecular flexibility index (Phi) is 6.03. The Morgan fingerprint density at radius 1 is 1.35 bits per heavy atom. The number of carbonyl (C=O) groups is 1. The number of halogens is 3. The normalized spacial score (nSPS) is 17.5. The number of amides is 1. The lowest BCUT2D eigenvalue weighted by Crippen LogP contribution is -2.28. The average molecular weight is 547 g/mol. The molecule has 0 spiro atoms. The van der Waals surface area contributed by atoms with Crippen LogP contribution in [-0.4, -0.2) is 27.6 Å². The molecule has 0 bridgehead atoms. The first kappa shape index (κ1) is 19.4. The van der Waals surface area contributed by atoms with Gasteiger partial charge in [-0.15, -0.1) is 0 Å². The molecule has 26 heavy (non-hydrogen) atoms. The highest BCUT2D eigenvalue weighted by Gasteiger charge is 2.32. The highest BCUT2D eigenvalue weighted by atomic mass is 127. The minimum Gasteiger partial charge on any atom is -0.506 e. The average Bonchev–Trinajstić information content (AvgIpc) is 2.89. The molecule has 0 unspecified atom stereocenters. The summed E-state index contributed by atoms with van der Waals surface area (Å²) in [6.07, 6.45) is 1.66. The van der Waals surface area contributed by atoms with Gasteiger partial charge in [0, 0.05) is 16.6 Å². The van der Waals surface area contributed by atoms with E-state index < -0.39 is 0 Å². The molecule has 0 aliphatic carbocycles. The van der Waals surface area contributed by atoms with Crippen molar-refractivity contribution in [3.05, 3.63) is 60.7 Å². The molecule has 8 heteroatoms. The fraction of sp³-hybridized carbons (Fsp3) is 0.111. The lowest BCUT2D eigenvalue weighted by molar-refractivity contribution is -0.122. The zero-order valence-corrected chi connectivity index (χ0v) is 18.1. The summed E-state index contributed by atoms with van der Waals surface area (Å²) in [6.45, 7) is 2.33. The molecule has 0 radical (unpaired) electrons. The van der Waals surface area contributed by atoms with Gasteiger partial charge in [0.15, 0.2) is 5.17 Å². The van der Waals surface area contributed by atoms with Crippen LogP contribution in [0.15, 0.2) is 50.8 Å². The van der Waals surface area contributed by atoms with Gasteiger partial charge in [-0.05, 0) is 83.8 Å². The van der Waals surface area contributed by atoms with Gasteiger partial charge in [0.1, 0.15) is 11.6 Å². The van der Waals surface area contributed by atoms with Gasteiger partial charge >= 0.3 is 0 Å². The van der Waals surface area contributed by atoms with Crippen molar-refractivity contribution in [1.82, 2.24) is 4.90 Å². The maximum atomic E-state index is 13.1. The molecule has 2 aromatic carbocycles. The second-order valence-corrected chi connectivity index (χ2v) is 8.44. The smallest absolute Gasteiger partial charge is 0.266 e. The van der Waals surface area contributed by atoms with E-state index in [9.17, 15) is 14.3 Å². The predicted molar refractivity (Wildman–Crippen MR) is 115 cm³/mol. The van der Waals surface area contributed by atoms with Crippen molar-refractivity contribution in [1.29, 1.82) is 0 Å². The van der Waals surface area contributed by atoms with Crippen LogP contribution in [0.25, 0.3) is 6.08 Å². The minimum atomic E-state index is -0.336. The second kappa shape index (κ2) is 8.10.